The van der Waals surface area contributed by atoms with Gasteiger partial charge in [-0.25, -0.2) is 4.98 Å². The predicted octanol–water partition coefficient (Wildman–Crippen LogP) is 4.52. The Labute approximate surface area is 165 Å². The fourth-order valence-electron chi connectivity index (χ4n) is 4.04. The fourth-order valence-corrected chi connectivity index (χ4v) is 4.04. The van der Waals surface area contributed by atoms with Crippen LogP contribution in [0.25, 0.3) is 11.0 Å². The zero-order chi connectivity index (χ0) is 19.3. The van der Waals surface area contributed by atoms with Crippen molar-refractivity contribution in [3.63, 3.8) is 0 Å². The molecule has 28 heavy (non-hydrogen) atoms. The van der Waals surface area contributed by atoms with Gasteiger partial charge in [0.2, 0.25) is 0 Å². The van der Waals surface area contributed by atoms with Gasteiger partial charge >= 0.3 is 0 Å². The van der Waals surface area contributed by atoms with E-state index in [2.05, 4.69) is 14.9 Å². The van der Waals surface area contributed by atoms with Gasteiger partial charge in [-0.1, -0.05) is 31.4 Å². The Morgan fingerprint density at radius 2 is 1.93 bits per heavy atom. The fraction of sp³-hybridized carbons (Fsp3) is 0.391. The van der Waals surface area contributed by atoms with E-state index in [1.165, 1.54) is 37.7 Å². The summed E-state index contributed by atoms with van der Waals surface area (Å²) >= 11 is 0. The third kappa shape index (κ3) is 4.03. The van der Waals surface area contributed by atoms with Gasteiger partial charge in [0.1, 0.15) is 5.75 Å². The highest BCUT2D eigenvalue weighted by Crippen LogP contribution is 2.30. The molecule has 2 aromatic carbocycles. The standard InChI is InChI=1S/C23H27N3O2/c1-28-20-10-7-17(8-11-20)13-14-24-23(27)18-9-12-22-21(15-18)25-16-26(22)19-5-3-2-4-6-19/h7-12,15-16,19H,2-6,13-14H2,1H3,(H,24,27). The molecule has 1 aliphatic carbocycles. The summed E-state index contributed by atoms with van der Waals surface area (Å²) in [6.07, 6.45) is 9.08. The first-order chi connectivity index (χ1) is 13.7. The first-order valence-electron chi connectivity index (χ1n) is 10.1. The van der Waals surface area contributed by atoms with Crippen LogP contribution in [0.2, 0.25) is 0 Å². The van der Waals surface area contributed by atoms with Crippen LogP contribution < -0.4 is 10.1 Å². The van der Waals surface area contributed by atoms with Crippen molar-refractivity contribution in [1.29, 1.82) is 0 Å². The van der Waals surface area contributed by atoms with E-state index in [1.54, 1.807) is 7.11 Å². The number of benzene rings is 2. The molecule has 146 valence electrons. The summed E-state index contributed by atoms with van der Waals surface area (Å²) in [6, 6.07) is 14.3. The van der Waals surface area contributed by atoms with Gasteiger partial charge in [-0.2, -0.15) is 0 Å². The van der Waals surface area contributed by atoms with Crippen LogP contribution in [0.5, 0.6) is 5.75 Å². The van der Waals surface area contributed by atoms with Gasteiger partial charge in [-0.15, -0.1) is 0 Å². The average molecular weight is 377 g/mol. The molecule has 1 N–H and O–H groups in total. The number of hydrogen-bond donors (Lipinski definition) is 1. The number of carbonyl (C=O) groups excluding carboxylic acids is 1. The number of carbonyl (C=O) groups is 1. The summed E-state index contributed by atoms with van der Waals surface area (Å²) in [5, 5.41) is 3.01. The Kier molecular flexibility index (Phi) is 5.60. The van der Waals surface area contributed by atoms with Crippen molar-refractivity contribution in [3.05, 3.63) is 59.9 Å². The minimum absolute atomic E-state index is 0.0531. The van der Waals surface area contributed by atoms with Crippen molar-refractivity contribution >= 4 is 16.9 Å². The molecule has 1 aromatic heterocycles. The smallest absolute Gasteiger partial charge is 0.251 e. The molecule has 5 heteroatoms. The summed E-state index contributed by atoms with van der Waals surface area (Å²) < 4.78 is 7.46. The maximum absolute atomic E-state index is 12.5. The van der Waals surface area contributed by atoms with Gasteiger partial charge in [0.15, 0.2) is 0 Å². The van der Waals surface area contributed by atoms with Crippen LogP contribution in [0.3, 0.4) is 0 Å². The quantitative estimate of drug-likeness (QED) is 0.687. The van der Waals surface area contributed by atoms with Crippen LogP contribution >= 0.6 is 0 Å². The minimum atomic E-state index is -0.0531. The average Bonchev–Trinajstić information content (AvgIpc) is 3.18. The van der Waals surface area contributed by atoms with Gasteiger partial charge in [-0.3, -0.25) is 4.79 Å². The molecule has 0 radical (unpaired) electrons. The predicted molar refractivity (Wildman–Crippen MR) is 111 cm³/mol. The molecular formula is C23H27N3O2. The molecule has 1 amide bonds. The van der Waals surface area contributed by atoms with Crippen molar-refractivity contribution in [2.75, 3.05) is 13.7 Å². The maximum atomic E-state index is 12.5. The highest BCUT2D eigenvalue weighted by atomic mass is 16.5. The van der Waals surface area contributed by atoms with E-state index in [1.807, 2.05) is 48.8 Å². The van der Waals surface area contributed by atoms with Crippen molar-refractivity contribution in [2.45, 2.75) is 44.6 Å². The summed E-state index contributed by atoms with van der Waals surface area (Å²) in [7, 11) is 1.66. The summed E-state index contributed by atoms with van der Waals surface area (Å²) in [4.78, 5) is 17.1. The van der Waals surface area contributed by atoms with Gasteiger partial charge in [0, 0.05) is 18.2 Å². The van der Waals surface area contributed by atoms with Crippen LogP contribution in [0.1, 0.15) is 54.1 Å². The summed E-state index contributed by atoms with van der Waals surface area (Å²) in [5.74, 6) is 0.788. The summed E-state index contributed by atoms with van der Waals surface area (Å²) in [5.41, 5.74) is 3.86. The largest absolute Gasteiger partial charge is 0.497 e. The topological polar surface area (TPSA) is 56.1 Å². The molecule has 1 aliphatic rings. The molecule has 1 fully saturated rings. The van der Waals surface area contributed by atoms with E-state index >= 15 is 0 Å². The number of aromatic nitrogens is 2. The monoisotopic (exact) mass is 377 g/mol. The van der Waals surface area contributed by atoms with E-state index < -0.39 is 0 Å². The third-order valence-electron chi connectivity index (χ3n) is 5.66. The molecule has 0 saturated heterocycles. The van der Waals surface area contributed by atoms with E-state index in [0.29, 0.717) is 18.2 Å². The van der Waals surface area contributed by atoms with Crippen molar-refractivity contribution in [2.24, 2.45) is 0 Å². The second kappa shape index (κ2) is 8.46. The number of nitrogens with one attached hydrogen (secondary N) is 1. The number of hydrogen-bond acceptors (Lipinski definition) is 3. The second-order valence-corrected chi connectivity index (χ2v) is 7.50. The lowest BCUT2D eigenvalue weighted by Gasteiger charge is -2.23. The van der Waals surface area contributed by atoms with Crippen molar-refractivity contribution < 1.29 is 9.53 Å². The van der Waals surface area contributed by atoms with Crippen LogP contribution in [-0.2, 0) is 6.42 Å². The Balaban J connectivity index is 1.38. The number of amides is 1. The van der Waals surface area contributed by atoms with Gasteiger partial charge in [0.05, 0.1) is 24.5 Å². The molecule has 0 bridgehead atoms. The van der Waals surface area contributed by atoms with E-state index in [0.717, 1.165) is 23.2 Å². The first-order valence-corrected chi connectivity index (χ1v) is 10.1. The molecule has 5 nitrogen and oxygen atoms in total. The van der Waals surface area contributed by atoms with Crippen LogP contribution in [0.15, 0.2) is 48.8 Å². The molecule has 4 rings (SSSR count). The number of nitrogens with zero attached hydrogens (tertiary/aromatic N) is 2. The second-order valence-electron chi connectivity index (χ2n) is 7.50. The third-order valence-corrected chi connectivity index (χ3v) is 5.66. The number of fused-ring (bicyclic) bond motifs is 1. The number of methoxy groups -OCH3 is 1. The molecule has 3 aromatic rings. The van der Waals surface area contributed by atoms with Crippen LogP contribution in [0.4, 0.5) is 0 Å². The van der Waals surface area contributed by atoms with E-state index in [-0.39, 0.29) is 5.91 Å². The normalized spacial score (nSPS) is 14.9. The van der Waals surface area contributed by atoms with Gasteiger partial charge < -0.3 is 14.6 Å². The molecular weight excluding hydrogens is 350 g/mol. The van der Waals surface area contributed by atoms with E-state index in [4.69, 9.17) is 4.74 Å². The highest BCUT2D eigenvalue weighted by molar-refractivity contribution is 5.97. The Morgan fingerprint density at radius 3 is 2.68 bits per heavy atom. The number of imidazole rings is 1. The molecule has 0 spiro atoms. The van der Waals surface area contributed by atoms with Crippen molar-refractivity contribution in [1.82, 2.24) is 14.9 Å². The molecule has 0 atom stereocenters. The molecule has 0 aliphatic heterocycles. The molecule has 1 heterocycles. The minimum Gasteiger partial charge on any atom is -0.497 e. The highest BCUT2D eigenvalue weighted by Gasteiger charge is 2.18. The van der Waals surface area contributed by atoms with Gasteiger partial charge in [0.25, 0.3) is 5.91 Å². The van der Waals surface area contributed by atoms with Crippen LogP contribution in [0, 0.1) is 0 Å². The lowest BCUT2D eigenvalue weighted by Crippen LogP contribution is -2.25. The Morgan fingerprint density at radius 1 is 1.14 bits per heavy atom. The molecule has 1 saturated carbocycles. The Bertz CT molecular complexity index is 940. The lowest BCUT2D eigenvalue weighted by molar-refractivity contribution is 0.0954. The van der Waals surface area contributed by atoms with Crippen LogP contribution in [-0.4, -0.2) is 29.1 Å². The Hall–Kier alpha value is -2.82. The SMILES string of the molecule is COc1ccc(CCNC(=O)c2ccc3c(c2)ncn3C2CCCCC2)cc1. The number of rotatable bonds is 6. The lowest BCUT2D eigenvalue weighted by atomic mass is 9.95. The van der Waals surface area contributed by atoms with Crippen molar-refractivity contribution in [3.8, 4) is 5.75 Å². The zero-order valence-corrected chi connectivity index (χ0v) is 16.4. The molecule has 0 unspecified atom stereocenters. The zero-order valence-electron chi connectivity index (χ0n) is 16.4. The first kappa shape index (κ1) is 18.5. The van der Waals surface area contributed by atoms with Gasteiger partial charge in [-0.05, 0) is 55.2 Å². The van der Waals surface area contributed by atoms with E-state index in [9.17, 15) is 4.79 Å². The number of ether oxygens (including phenoxy) is 1. The summed E-state index contributed by atoms with van der Waals surface area (Å²) in [6.45, 7) is 0.597. The maximum Gasteiger partial charge on any atom is 0.251 e.